The number of halogens is 1. The van der Waals surface area contributed by atoms with Crippen LogP contribution in [0.2, 0.25) is 0 Å². The summed E-state index contributed by atoms with van der Waals surface area (Å²) in [7, 11) is 0. The molecule has 19 heavy (non-hydrogen) atoms. The SMILES string of the molecule is CCC1(C(=O)N2CCc3ccccc32)CCCN1.Cl. The van der Waals surface area contributed by atoms with Gasteiger partial charge in [0.2, 0.25) is 5.91 Å². The van der Waals surface area contributed by atoms with Crippen LogP contribution in [0.25, 0.3) is 0 Å². The number of nitrogens with one attached hydrogen (secondary N) is 1. The maximum atomic E-state index is 12.8. The number of fused-ring (bicyclic) bond motifs is 1. The Balaban J connectivity index is 0.00000133. The van der Waals surface area contributed by atoms with E-state index in [1.165, 1.54) is 5.56 Å². The highest BCUT2D eigenvalue weighted by atomic mass is 35.5. The number of anilines is 1. The third kappa shape index (κ3) is 2.26. The molecular formula is C15H21ClN2O. The van der Waals surface area contributed by atoms with E-state index in [2.05, 4.69) is 30.4 Å². The fourth-order valence-corrected chi connectivity index (χ4v) is 3.25. The molecule has 1 fully saturated rings. The fraction of sp³-hybridized carbons (Fsp3) is 0.533. The summed E-state index contributed by atoms with van der Waals surface area (Å²) in [4.78, 5) is 14.8. The van der Waals surface area contributed by atoms with Crippen molar-refractivity contribution in [3.05, 3.63) is 29.8 Å². The van der Waals surface area contributed by atoms with Crippen molar-refractivity contribution in [1.29, 1.82) is 0 Å². The minimum absolute atomic E-state index is 0. The van der Waals surface area contributed by atoms with Crippen LogP contribution in [0.4, 0.5) is 5.69 Å². The second-order valence-electron chi connectivity index (χ2n) is 5.30. The van der Waals surface area contributed by atoms with E-state index >= 15 is 0 Å². The van der Waals surface area contributed by atoms with Gasteiger partial charge in [-0.25, -0.2) is 0 Å². The average molecular weight is 281 g/mol. The van der Waals surface area contributed by atoms with E-state index in [1.54, 1.807) is 0 Å². The summed E-state index contributed by atoms with van der Waals surface area (Å²) in [5, 5.41) is 3.44. The Hall–Kier alpha value is -1.06. The summed E-state index contributed by atoms with van der Waals surface area (Å²) in [6.07, 6.45) is 3.95. The Morgan fingerprint density at radius 2 is 2.21 bits per heavy atom. The smallest absolute Gasteiger partial charge is 0.247 e. The number of carbonyl (C=O) groups is 1. The van der Waals surface area contributed by atoms with E-state index < -0.39 is 0 Å². The van der Waals surface area contributed by atoms with Crippen molar-refractivity contribution in [2.75, 3.05) is 18.0 Å². The molecule has 1 aromatic rings. The van der Waals surface area contributed by atoms with Crippen LogP contribution in [0.1, 0.15) is 31.7 Å². The molecule has 3 nitrogen and oxygen atoms in total. The van der Waals surface area contributed by atoms with Gasteiger partial charge in [0.25, 0.3) is 0 Å². The summed E-state index contributed by atoms with van der Waals surface area (Å²) in [6.45, 7) is 3.91. The Labute approximate surface area is 120 Å². The number of nitrogens with zero attached hydrogens (tertiary/aromatic N) is 1. The van der Waals surface area contributed by atoms with Crippen molar-refractivity contribution in [2.45, 2.75) is 38.1 Å². The molecule has 1 saturated heterocycles. The molecular weight excluding hydrogens is 260 g/mol. The molecule has 3 rings (SSSR count). The molecule has 0 aliphatic carbocycles. The first-order valence-corrected chi connectivity index (χ1v) is 6.92. The molecule has 104 valence electrons. The number of benzene rings is 1. The van der Waals surface area contributed by atoms with Crippen molar-refractivity contribution >= 4 is 24.0 Å². The van der Waals surface area contributed by atoms with Crippen molar-refractivity contribution in [2.24, 2.45) is 0 Å². The van der Waals surface area contributed by atoms with Crippen molar-refractivity contribution in [3.63, 3.8) is 0 Å². The molecule has 2 aliphatic rings. The lowest BCUT2D eigenvalue weighted by molar-refractivity contribution is -0.124. The molecule has 1 unspecified atom stereocenters. The number of para-hydroxylation sites is 1. The van der Waals surface area contributed by atoms with E-state index in [-0.39, 0.29) is 23.9 Å². The van der Waals surface area contributed by atoms with Crippen LogP contribution in [-0.2, 0) is 11.2 Å². The normalized spacial score (nSPS) is 25.0. The van der Waals surface area contributed by atoms with Gasteiger partial charge in [0, 0.05) is 12.2 Å². The number of amides is 1. The largest absolute Gasteiger partial charge is 0.310 e. The predicted octanol–water partition coefficient (Wildman–Crippen LogP) is 2.53. The van der Waals surface area contributed by atoms with Crippen LogP contribution in [0.3, 0.4) is 0 Å². The molecule has 1 N–H and O–H groups in total. The summed E-state index contributed by atoms with van der Waals surface area (Å²) in [5.41, 5.74) is 2.11. The van der Waals surface area contributed by atoms with Gasteiger partial charge in [-0.3, -0.25) is 4.79 Å². The van der Waals surface area contributed by atoms with Gasteiger partial charge in [-0.1, -0.05) is 25.1 Å². The van der Waals surface area contributed by atoms with Gasteiger partial charge < -0.3 is 10.2 Å². The number of rotatable bonds is 2. The standard InChI is InChI=1S/C15H20N2O.ClH/c1-2-15(9-5-10-16-15)14(18)17-11-8-12-6-3-4-7-13(12)17;/h3-4,6-7,16H,2,5,8-11H2,1H3;1H. The Bertz CT molecular complexity index is 469. The van der Waals surface area contributed by atoms with Crippen LogP contribution < -0.4 is 10.2 Å². The fourth-order valence-electron chi connectivity index (χ4n) is 3.25. The number of hydrogen-bond donors (Lipinski definition) is 1. The maximum absolute atomic E-state index is 12.8. The lowest BCUT2D eigenvalue weighted by atomic mass is 9.92. The van der Waals surface area contributed by atoms with E-state index in [4.69, 9.17) is 0 Å². The zero-order valence-corrected chi connectivity index (χ0v) is 12.1. The predicted molar refractivity (Wildman–Crippen MR) is 80.0 cm³/mol. The van der Waals surface area contributed by atoms with Crippen LogP contribution in [0.5, 0.6) is 0 Å². The van der Waals surface area contributed by atoms with Gasteiger partial charge in [-0.05, 0) is 43.9 Å². The molecule has 4 heteroatoms. The molecule has 0 radical (unpaired) electrons. The molecule has 1 amide bonds. The number of carbonyl (C=O) groups excluding carboxylic acids is 1. The second-order valence-corrected chi connectivity index (χ2v) is 5.30. The zero-order chi connectivity index (χ0) is 12.6. The molecule has 0 spiro atoms. The third-order valence-electron chi connectivity index (χ3n) is 4.39. The Morgan fingerprint density at radius 3 is 2.89 bits per heavy atom. The highest BCUT2D eigenvalue weighted by Crippen LogP contribution is 2.33. The first-order chi connectivity index (χ1) is 8.77. The van der Waals surface area contributed by atoms with Gasteiger partial charge in [-0.2, -0.15) is 0 Å². The van der Waals surface area contributed by atoms with Gasteiger partial charge in [-0.15, -0.1) is 12.4 Å². The van der Waals surface area contributed by atoms with E-state index in [0.29, 0.717) is 0 Å². The molecule has 1 atom stereocenters. The van der Waals surface area contributed by atoms with Crippen LogP contribution >= 0.6 is 12.4 Å². The molecule has 1 aromatic carbocycles. The van der Waals surface area contributed by atoms with Gasteiger partial charge >= 0.3 is 0 Å². The molecule has 0 bridgehead atoms. The average Bonchev–Trinajstić information content (AvgIpc) is 3.05. The first-order valence-electron chi connectivity index (χ1n) is 6.92. The molecule has 0 saturated carbocycles. The highest BCUT2D eigenvalue weighted by molar-refractivity contribution is 6.02. The molecule has 2 heterocycles. The lowest BCUT2D eigenvalue weighted by Gasteiger charge is -2.32. The Kier molecular flexibility index (Phi) is 4.16. The van der Waals surface area contributed by atoms with E-state index in [0.717, 1.165) is 44.5 Å². The van der Waals surface area contributed by atoms with Crippen molar-refractivity contribution < 1.29 is 4.79 Å². The zero-order valence-electron chi connectivity index (χ0n) is 11.3. The van der Waals surface area contributed by atoms with E-state index in [1.807, 2.05) is 11.0 Å². The summed E-state index contributed by atoms with van der Waals surface area (Å²) in [5.74, 6) is 0.271. The topological polar surface area (TPSA) is 32.3 Å². The summed E-state index contributed by atoms with van der Waals surface area (Å²) < 4.78 is 0. The first kappa shape index (κ1) is 14.4. The van der Waals surface area contributed by atoms with Crippen LogP contribution in [0, 0.1) is 0 Å². The monoisotopic (exact) mass is 280 g/mol. The molecule has 0 aromatic heterocycles. The molecule has 2 aliphatic heterocycles. The summed E-state index contributed by atoms with van der Waals surface area (Å²) >= 11 is 0. The van der Waals surface area contributed by atoms with E-state index in [9.17, 15) is 4.79 Å². The minimum atomic E-state index is -0.308. The van der Waals surface area contributed by atoms with Gasteiger partial charge in [0.1, 0.15) is 0 Å². The van der Waals surface area contributed by atoms with Gasteiger partial charge in [0.15, 0.2) is 0 Å². The van der Waals surface area contributed by atoms with Crippen molar-refractivity contribution in [3.8, 4) is 0 Å². The van der Waals surface area contributed by atoms with Crippen LogP contribution in [0.15, 0.2) is 24.3 Å². The van der Waals surface area contributed by atoms with Gasteiger partial charge in [0.05, 0.1) is 5.54 Å². The van der Waals surface area contributed by atoms with Crippen molar-refractivity contribution in [1.82, 2.24) is 5.32 Å². The summed E-state index contributed by atoms with van der Waals surface area (Å²) in [6, 6.07) is 8.27. The quantitative estimate of drug-likeness (QED) is 0.903. The third-order valence-corrected chi connectivity index (χ3v) is 4.39. The second kappa shape index (κ2) is 5.51. The number of hydrogen-bond acceptors (Lipinski definition) is 2. The Morgan fingerprint density at radius 1 is 1.42 bits per heavy atom. The lowest BCUT2D eigenvalue weighted by Crippen LogP contribution is -2.54. The minimum Gasteiger partial charge on any atom is -0.310 e. The van der Waals surface area contributed by atoms with Crippen LogP contribution in [-0.4, -0.2) is 24.5 Å². The maximum Gasteiger partial charge on any atom is 0.247 e. The highest BCUT2D eigenvalue weighted by Gasteiger charge is 2.43.